The van der Waals surface area contributed by atoms with Crippen LogP contribution in [-0.4, -0.2) is 17.3 Å². The highest BCUT2D eigenvalue weighted by atomic mass is 32.2. The lowest BCUT2D eigenvalue weighted by atomic mass is 10.1. The first-order chi connectivity index (χ1) is 6.76. The highest BCUT2D eigenvalue weighted by molar-refractivity contribution is 7.99. The van der Waals surface area contributed by atoms with Crippen LogP contribution in [0.2, 0.25) is 0 Å². The van der Waals surface area contributed by atoms with Gasteiger partial charge in [0.25, 0.3) is 0 Å². The van der Waals surface area contributed by atoms with E-state index in [0.29, 0.717) is 0 Å². The second-order valence-corrected chi connectivity index (χ2v) is 4.13. The topological polar surface area (TPSA) is 49.3 Å². The Hall–Kier alpha value is -1.00. The molecule has 1 aromatic rings. The summed E-state index contributed by atoms with van der Waals surface area (Å²) < 4.78 is 0. The number of carbonyl (C=O) groups is 1. The van der Waals surface area contributed by atoms with E-state index in [9.17, 15) is 4.79 Å². The number of benzene rings is 1. The maximum Gasteiger partial charge on any atom is 0.242 e. The van der Waals surface area contributed by atoms with Crippen molar-refractivity contribution < 1.29 is 9.90 Å². The first kappa shape index (κ1) is 9.55. The molecule has 74 valence electrons. The van der Waals surface area contributed by atoms with E-state index in [-0.39, 0.29) is 17.8 Å². The molecule has 2 N–H and O–H groups in total. The second kappa shape index (κ2) is 3.63. The number of amides is 1. The quantitative estimate of drug-likeness (QED) is 0.776. The number of nitrogens with one attached hydrogen (secondary N) is 1. The first-order valence-corrected chi connectivity index (χ1v) is 5.62. The molecule has 1 heterocycles. The van der Waals surface area contributed by atoms with Crippen LogP contribution in [0.4, 0.5) is 5.69 Å². The highest BCUT2D eigenvalue weighted by Gasteiger charge is 2.29. The van der Waals surface area contributed by atoms with Crippen molar-refractivity contribution in [3.63, 3.8) is 0 Å². The van der Waals surface area contributed by atoms with Crippen LogP contribution < -0.4 is 5.32 Å². The van der Waals surface area contributed by atoms with Crippen LogP contribution in [-0.2, 0) is 11.4 Å². The van der Waals surface area contributed by atoms with Crippen LogP contribution in [0.1, 0.15) is 16.4 Å². The molecule has 0 saturated carbocycles. The fourth-order valence-electron chi connectivity index (χ4n) is 1.61. The molecule has 1 amide bonds. The van der Waals surface area contributed by atoms with E-state index in [0.717, 1.165) is 16.8 Å². The lowest BCUT2D eigenvalue weighted by molar-refractivity contribution is -0.115. The van der Waals surface area contributed by atoms with Crippen molar-refractivity contribution in [2.45, 2.75) is 11.9 Å². The van der Waals surface area contributed by atoms with Crippen LogP contribution in [0, 0.1) is 0 Å². The molecule has 0 aliphatic carbocycles. The predicted octanol–water partition coefficient (Wildman–Crippen LogP) is 1.54. The first-order valence-electron chi connectivity index (χ1n) is 4.33. The molecule has 0 aromatic heterocycles. The number of thioether (sulfide) groups is 1. The Kier molecular flexibility index (Phi) is 2.48. The molecule has 0 saturated heterocycles. The van der Waals surface area contributed by atoms with E-state index in [1.54, 1.807) is 0 Å². The molecule has 0 radical (unpaired) electrons. The molecule has 14 heavy (non-hydrogen) atoms. The number of carbonyl (C=O) groups excluding carboxylic acids is 1. The third-order valence-corrected chi connectivity index (χ3v) is 3.25. The van der Waals surface area contributed by atoms with E-state index in [2.05, 4.69) is 5.32 Å². The Bertz CT molecular complexity index is 378. The van der Waals surface area contributed by atoms with Crippen molar-refractivity contribution in [2.24, 2.45) is 0 Å². The molecule has 1 aromatic carbocycles. The summed E-state index contributed by atoms with van der Waals surface area (Å²) in [5.74, 6) is 0.0302. The smallest absolute Gasteiger partial charge is 0.242 e. The monoisotopic (exact) mass is 209 g/mol. The lowest BCUT2D eigenvalue weighted by Crippen LogP contribution is -2.08. The van der Waals surface area contributed by atoms with Crippen molar-refractivity contribution in [3.8, 4) is 0 Å². The van der Waals surface area contributed by atoms with Gasteiger partial charge in [-0.25, -0.2) is 0 Å². The van der Waals surface area contributed by atoms with E-state index in [1.165, 1.54) is 11.8 Å². The maximum atomic E-state index is 11.5. The third kappa shape index (κ3) is 1.40. The number of anilines is 1. The zero-order chi connectivity index (χ0) is 10.1. The van der Waals surface area contributed by atoms with Gasteiger partial charge in [0, 0.05) is 5.69 Å². The van der Waals surface area contributed by atoms with Gasteiger partial charge in [-0.1, -0.05) is 12.1 Å². The Balaban J connectivity index is 2.42. The Labute approximate surface area is 86.5 Å². The third-order valence-electron chi connectivity index (χ3n) is 2.31. The van der Waals surface area contributed by atoms with Gasteiger partial charge in [-0.2, -0.15) is 0 Å². The van der Waals surface area contributed by atoms with Gasteiger partial charge >= 0.3 is 0 Å². The van der Waals surface area contributed by atoms with Gasteiger partial charge in [-0.15, -0.1) is 11.8 Å². The van der Waals surface area contributed by atoms with Gasteiger partial charge in [0.15, 0.2) is 0 Å². The minimum atomic E-state index is -0.0993. The zero-order valence-corrected chi connectivity index (χ0v) is 8.60. The predicted molar refractivity (Wildman–Crippen MR) is 57.3 cm³/mol. The van der Waals surface area contributed by atoms with E-state index in [1.807, 2.05) is 24.5 Å². The number of fused-ring (bicyclic) bond motifs is 1. The molecular formula is C10H11NO2S. The Morgan fingerprint density at radius 1 is 1.57 bits per heavy atom. The summed E-state index contributed by atoms with van der Waals surface area (Å²) in [6, 6.07) is 5.58. The summed E-state index contributed by atoms with van der Waals surface area (Å²) >= 11 is 1.52. The summed E-state index contributed by atoms with van der Waals surface area (Å²) in [5.41, 5.74) is 2.67. The van der Waals surface area contributed by atoms with Gasteiger partial charge in [-0.3, -0.25) is 4.79 Å². The lowest BCUT2D eigenvalue weighted by Gasteiger charge is -2.04. The molecule has 2 rings (SSSR count). The summed E-state index contributed by atoms with van der Waals surface area (Å²) in [4.78, 5) is 11.5. The molecule has 3 nitrogen and oxygen atoms in total. The van der Waals surface area contributed by atoms with Crippen LogP contribution in [0.3, 0.4) is 0 Å². The van der Waals surface area contributed by atoms with Crippen molar-refractivity contribution in [2.75, 3.05) is 11.6 Å². The summed E-state index contributed by atoms with van der Waals surface area (Å²) in [5, 5.41) is 11.6. The Morgan fingerprint density at radius 2 is 2.36 bits per heavy atom. The summed E-state index contributed by atoms with van der Waals surface area (Å²) in [6.07, 6.45) is 1.92. The number of aliphatic hydroxyl groups excluding tert-OH is 1. The molecule has 1 unspecified atom stereocenters. The molecule has 0 spiro atoms. The fraction of sp³-hybridized carbons (Fsp3) is 0.300. The van der Waals surface area contributed by atoms with Crippen molar-refractivity contribution in [1.82, 2.24) is 0 Å². The van der Waals surface area contributed by atoms with Crippen LogP contribution in [0.25, 0.3) is 0 Å². The van der Waals surface area contributed by atoms with Crippen molar-refractivity contribution in [3.05, 3.63) is 29.3 Å². The zero-order valence-electron chi connectivity index (χ0n) is 7.78. The van der Waals surface area contributed by atoms with Crippen molar-refractivity contribution in [1.29, 1.82) is 0 Å². The minimum absolute atomic E-state index is 0.00703. The summed E-state index contributed by atoms with van der Waals surface area (Å²) in [7, 11) is 0. The molecule has 1 atom stereocenters. The number of aliphatic hydroxyl groups is 1. The maximum absolute atomic E-state index is 11.5. The molecular weight excluding hydrogens is 198 g/mol. The van der Waals surface area contributed by atoms with Gasteiger partial charge < -0.3 is 10.4 Å². The van der Waals surface area contributed by atoms with E-state index < -0.39 is 0 Å². The highest BCUT2D eigenvalue weighted by Crippen LogP contribution is 2.38. The van der Waals surface area contributed by atoms with Crippen LogP contribution >= 0.6 is 11.8 Å². The van der Waals surface area contributed by atoms with Crippen molar-refractivity contribution >= 4 is 23.4 Å². The van der Waals surface area contributed by atoms with Crippen LogP contribution in [0.15, 0.2) is 18.2 Å². The molecule has 0 bridgehead atoms. The van der Waals surface area contributed by atoms with Gasteiger partial charge in [0.05, 0.1) is 6.61 Å². The summed E-state index contributed by atoms with van der Waals surface area (Å²) in [6.45, 7) is 0.00703. The van der Waals surface area contributed by atoms with Gasteiger partial charge in [-0.05, 0) is 23.4 Å². The average Bonchev–Trinajstić information content (AvgIpc) is 2.51. The molecule has 4 heteroatoms. The SMILES string of the molecule is CSC1C(=O)Nc2cc(CO)ccc21. The number of hydrogen-bond acceptors (Lipinski definition) is 3. The molecule has 0 fully saturated rings. The minimum Gasteiger partial charge on any atom is -0.392 e. The Morgan fingerprint density at radius 3 is 3.00 bits per heavy atom. The van der Waals surface area contributed by atoms with Gasteiger partial charge in [0.2, 0.25) is 5.91 Å². The normalized spacial score (nSPS) is 19.3. The molecule has 1 aliphatic rings. The fourth-order valence-corrected chi connectivity index (χ4v) is 2.34. The standard InChI is InChI=1S/C10H11NO2S/c1-14-9-7-3-2-6(5-12)4-8(7)11-10(9)13/h2-4,9,12H,5H2,1H3,(H,11,13). The van der Waals surface area contributed by atoms with E-state index >= 15 is 0 Å². The van der Waals surface area contributed by atoms with Crippen LogP contribution in [0.5, 0.6) is 0 Å². The largest absolute Gasteiger partial charge is 0.392 e. The van der Waals surface area contributed by atoms with Gasteiger partial charge in [0.1, 0.15) is 5.25 Å². The molecule has 1 aliphatic heterocycles. The number of rotatable bonds is 2. The number of hydrogen-bond donors (Lipinski definition) is 2. The van der Waals surface area contributed by atoms with E-state index in [4.69, 9.17) is 5.11 Å². The average molecular weight is 209 g/mol. The second-order valence-electron chi connectivity index (χ2n) is 3.18.